The second-order valence-electron chi connectivity index (χ2n) is 2.93. The summed E-state index contributed by atoms with van der Waals surface area (Å²) in [6.45, 7) is 1.91. The average molecular weight is 272 g/mol. The smallest absolute Gasteiger partial charge is 0.330 e. The molecule has 1 aromatic carbocycles. The molecular formula is C9H10BrN3O2. The van der Waals surface area contributed by atoms with E-state index in [1.165, 1.54) is 0 Å². The third-order valence-electron chi connectivity index (χ3n) is 1.67. The minimum atomic E-state index is -0.813. The fourth-order valence-corrected chi connectivity index (χ4v) is 1.66. The van der Waals surface area contributed by atoms with E-state index < -0.39 is 11.9 Å². The maximum atomic E-state index is 11.5. The van der Waals surface area contributed by atoms with Gasteiger partial charge in [-0.25, -0.2) is 10.2 Å². The van der Waals surface area contributed by atoms with Crippen LogP contribution in [0.2, 0.25) is 0 Å². The first-order valence-corrected chi connectivity index (χ1v) is 4.92. The highest BCUT2D eigenvalue weighted by atomic mass is 79.9. The lowest BCUT2D eigenvalue weighted by atomic mass is 10.1. The highest BCUT2D eigenvalue weighted by Crippen LogP contribution is 2.17. The molecule has 15 heavy (non-hydrogen) atoms. The van der Waals surface area contributed by atoms with Crippen LogP contribution in [0, 0.1) is 6.92 Å². The van der Waals surface area contributed by atoms with Crippen LogP contribution in [0.3, 0.4) is 0 Å². The molecule has 0 radical (unpaired) electrons. The monoisotopic (exact) mass is 271 g/mol. The Morgan fingerprint density at radius 2 is 2.00 bits per heavy atom. The van der Waals surface area contributed by atoms with Crippen molar-refractivity contribution in [2.45, 2.75) is 6.92 Å². The number of benzene rings is 1. The second kappa shape index (κ2) is 4.79. The molecule has 0 aliphatic heterocycles. The molecule has 0 unspecified atom stereocenters. The van der Waals surface area contributed by atoms with Gasteiger partial charge >= 0.3 is 6.03 Å². The lowest BCUT2D eigenvalue weighted by molar-refractivity contribution is 0.0936. The number of rotatable bonds is 1. The topological polar surface area (TPSA) is 84.2 Å². The van der Waals surface area contributed by atoms with Gasteiger partial charge in [-0.3, -0.25) is 10.2 Å². The van der Waals surface area contributed by atoms with E-state index in [4.69, 9.17) is 5.73 Å². The van der Waals surface area contributed by atoms with Crippen LogP contribution in [0.4, 0.5) is 4.79 Å². The fourth-order valence-electron chi connectivity index (χ4n) is 0.990. The Labute approximate surface area is 95.1 Å². The van der Waals surface area contributed by atoms with Gasteiger partial charge in [0.2, 0.25) is 0 Å². The lowest BCUT2D eigenvalue weighted by Gasteiger charge is -2.06. The van der Waals surface area contributed by atoms with Crippen LogP contribution >= 0.6 is 15.9 Å². The van der Waals surface area contributed by atoms with Crippen LogP contribution in [0.15, 0.2) is 22.7 Å². The molecule has 1 aromatic rings. The van der Waals surface area contributed by atoms with Gasteiger partial charge in [-0.05, 0) is 40.5 Å². The number of hydrazine groups is 1. The van der Waals surface area contributed by atoms with Crippen LogP contribution in [-0.2, 0) is 0 Å². The molecule has 0 aromatic heterocycles. The van der Waals surface area contributed by atoms with Crippen molar-refractivity contribution in [3.8, 4) is 0 Å². The predicted molar refractivity (Wildman–Crippen MR) is 59.1 cm³/mol. The number of hydrogen-bond donors (Lipinski definition) is 3. The number of urea groups is 1. The van der Waals surface area contributed by atoms with Crippen molar-refractivity contribution < 1.29 is 9.59 Å². The number of nitrogens with one attached hydrogen (secondary N) is 2. The summed E-state index contributed by atoms with van der Waals surface area (Å²) in [5, 5.41) is 0. The molecule has 0 aliphatic carbocycles. The molecule has 0 fully saturated rings. The summed E-state index contributed by atoms with van der Waals surface area (Å²) in [5.41, 5.74) is 10.4. The Morgan fingerprint density at radius 3 is 2.53 bits per heavy atom. The van der Waals surface area contributed by atoms with Crippen LogP contribution in [0.5, 0.6) is 0 Å². The van der Waals surface area contributed by atoms with Crippen LogP contribution in [-0.4, -0.2) is 11.9 Å². The zero-order valence-electron chi connectivity index (χ0n) is 8.00. The highest BCUT2D eigenvalue weighted by molar-refractivity contribution is 9.10. The fraction of sp³-hybridized carbons (Fsp3) is 0.111. The summed E-state index contributed by atoms with van der Waals surface area (Å²) in [7, 11) is 0. The molecule has 3 amide bonds. The molecule has 80 valence electrons. The number of hydrogen-bond acceptors (Lipinski definition) is 2. The van der Waals surface area contributed by atoms with E-state index in [9.17, 15) is 9.59 Å². The Kier molecular flexibility index (Phi) is 3.68. The number of amides is 3. The first kappa shape index (κ1) is 11.5. The zero-order chi connectivity index (χ0) is 11.4. The molecule has 0 atom stereocenters. The molecule has 0 heterocycles. The molecular weight excluding hydrogens is 262 g/mol. The SMILES string of the molecule is Cc1ccc(C(=O)NNC(N)=O)c(Br)c1. The van der Waals surface area contributed by atoms with Gasteiger partial charge in [0.05, 0.1) is 5.56 Å². The number of aryl methyl sites for hydroxylation is 1. The van der Waals surface area contributed by atoms with Crippen LogP contribution in [0.1, 0.15) is 15.9 Å². The van der Waals surface area contributed by atoms with Crippen molar-refractivity contribution in [3.05, 3.63) is 33.8 Å². The van der Waals surface area contributed by atoms with Gasteiger partial charge in [0.15, 0.2) is 0 Å². The summed E-state index contributed by atoms with van der Waals surface area (Å²) >= 11 is 3.25. The van der Waals surface area contributed by atoms with Gasteiger partial charge in [-0.2, -0.15) is 0 Å². The van der Waals surface area contributed by atoms with Crippen molar-refractivity contribution in [3.63, 3.8) is 0 Å². The molecule has 1 rings (SSSR count). The van der Waals surface area contributed by atoms with Gasteiger partial charge in [-0.1, -0.05) is 6.07 Å². The quantitative estimate of drug-likeness (QED) is 0.668. The third kappa shape index (κ3) is 3.25. The zero-order valence-corrected chi connectivity index (χ0v) is 9.59. The van der Waals surface area contributed by atoms with Gasteiger partial charge in [0, 0.05) is 4.47 Å². The van der Waals surface area contributed by atoms with E-state index in [-0.39, 0.29) is 0 Å². The summed E-state index contributed by atoms with van der Waals surface area (Å²) in [6.07, 6.45) is 0. The maximum absolute atomic E-state index is 11.5. The van der Waals surface area contributed by atoms with Gasteiger partial charge in [-0.15, -0.1) is 0 Å². The molecule has 0 aliphatic rings. The summed E-state index contributed by atoms with van der Waals surface area (Å²) < 4.78 is 0.659. The number of primary amides is 1. The van der Waals surface area contributed by atoms with Crippen LogP contribution < -0.4 is 16.6 Å². The Bertz CT molecular complexity index is 406. The van der Waals surface area contributed by atoms with Crippen molar-refractivity contribution in [2.24, 2.45) is 5.73 Å². The van der Waals surface area contributed by atoms with E-state index in [0.29, 0.717) is 10.0 Å². The first-order valence-electron chi connectivity index (χ1n) is 4.12. The molecule has 0 spiro atoms. The molecule has 6 heteroatoms. The minimum Gasteiger partial charge on any atom is -0.350 e. The molecule has 0 saturated heterocycles. The van der Waals surface area contributed by atoms with Crippen molar-refractivity contribution >= 4 is 27.9 Å². The number of carbonyl (C=O) groups is 2. The maximum Gasteiger partial charge on any atom is 0.330 e. The average Bonchev–Trinajstić information content (AvgIpc) is 2.14. The highest BCUT2D eigenvalue weighted by Gasteiger charge is 2.09. The van der Waals surface area contributed by atoms with Crippen LogP contribution in [0.25, 0.3) is 0 Å². The van der Waals surface area contributed by atoms with E-state index in [0.717, 1.165) is 5.56 Å². The Morgan fingerprint density at radius 1 is 1.33 bits per heavy atom. The molecule has 4 N–H and O–H groups in total. The standard InChI is InChI=1S/C9H10BrN3O2/c1-5-2-3-6(7(10)4-5)8(14)12-13-9(11)15/h2-4H,1H3,(H,12,14)(H3,11,13,15). The van der Waals surface area contributed by atoms with E-state index in [1.807, 2.05) is 12.3 Å². The summed E-state index contributed by atoms with van der Waals surface area (Å²) in [4.78, 5) is 21.8. The van der Waals surface area contributed by atoms with E-state index in [2.05, 4.69) is 21.4 Å². The predicted octanol–water partition coefficient (Wildman–Crippen LogP) is 1.07. The van der Waals surface area contributed by atoms with Crippen molar-refractivity contribution in [2.75, 3.05) is 0 Å². The summed E-state index contributed by atoms with van der Waals surface area (Å²) in [5.74, 6) is -0.430. The number of nitrogens with two attached hydrogens (primary N) is 1. The third-order valence-corrected chi connectivity index (χ3v) is 2.32. The first-order chi connectivity index (χ1) is 7.00. The molecule has 5 nitrogen and oxygen atoms in total. The largest absolute Gasteiger partial charge is 0.350 e. The van der Waals surface area contributed by atoms with Gasteiger partial charge in [0.1, 0.15) is 0 Å². The molecule has 0 bridgehead atoms. The second-order valence-corrected chi connectivity index (χ2v) is 3.78. The van der Waals surface area contributed by atoms with E-state index >= 15 is 0 Å². The Balaban J connectivity index is 2.78. The lowest BCUT2D eigenvalue weighted by Crippen LogP contribution is -2.44. The Hall–Kier alpha value is -1.56. The van der Waals surface area contributed by atoms with Crippen molar-refractivity contribution in [1.29, 1.82) is 0 Å². The minimum absolute atomic E-state index is 0.425. The number of halogens is 1. The normalized spacial score (nSPS) is 9.47. The van der Waals surface area contributed by atoms with Gasteiger partial charge < -0.3 is 5.73 Å². The number of carbonyl (C=O) groups excluding carboxylic acids is 2. The summed E-state index contributed by atoms with van der Waals surface area (Å²) in [6, 6.07) is 4.44. The van der Waals surface area contributed by atoms with E-state index in [1.54, 1.807) is 18.2 Å². The van der Waals surface area contributed by atoms with Crippen molar-refractivity contribution in [1.82, 2.24) is 10.9 Å². The van der Waals surface area contributed by atoms with Gasteiger partial charge in [0.25, 0.3) is 5.91 Å². The molecule has 0 saturated carbocycles.